The molecule has 0 bridgehead atoms. The summed E-state index contributed by atoms with van der Waals surface area (Å²) in [5.74, 6) is 0. The van der Waals surface area contributed by atoms with Crippen molar-refractivity contribution in [3.8, 4) is 0 Å². The second kappa shape index (κ2) is 5.92. The van der Waals surface area contributed by atoms with Crippen LogP contribution in [0.25, 0.3) is 6.08 Å². The fourth-order valence-corrected chi connectivity index (χ4v) is 3.26. The number of allylic oxidation sites excluding steroid dienone is 1. The molecule has 0 aliphatic carbocycles. The molecule has 1 aliphatic rings. The minimum Gasteiger partial charge on any atom is -0.307 e. The first-order valence-electron chi connectivity index (χ1n) is 7.41. The van der Waals surface area contributed by atoms with Crippen molar-refractivity contribution in [2.75, 3.05) is 0 Å². The molecule has 1 aromatic rings. The third kappa shape index (κ3) is 4.61. The number of aliphatic imine (C=N–C) groups is 1. The maximum Gasteiger partial charge on any atom is 0.0534 e. The van der Waals surface area contributed by atoms with Crippen LogP contribution in [0.2, 0.25) is 0 Å². The molecule has 0 atom stereocenters. The van der Waals surface area contributed by atoms with E-state index in [9.17, 15) is 0 Å². The van der Waals surface area contributed by atoms with Crippen LogP contribution in [0.1, 0.15) is 46.1 Å². The molecule has 1 aromatic carbocycles. The molecule has 2 heteroatoms. The molecule has 0 radical (unpaired) electrons. The maximum atomic E-state index is 4.74. The fourth-order valence-electron chi connectivity index (χ4n) is 3.26. The van der Waals surface area contributed by atoms with E-state index in [0.717, 1.165) is 12.8 Å². The topological polar surface area (TPSA) is 24.4 Å². The third-order valence-corrected chi connectivity index (χ3v) is 3.64. The number of nitrogens with zero attached hydrogens (tertiary/aromatic N) is 1. The van der Waals surface area contributed by atoms with Crippen LogP contribution in [0.3, 0.4) is 0 Å². The number of hydrogen-bond donors (Lipinski definition) is 1. The molecule has 0 amide bonds. The van der Waals surface area contributed by atoms with Gasteiger partial charge in [0, 0.05) is 17.3 Å². The van der Waals surface area contributed by atoms with Gasteiger partial charge in [0.05, 0.1) is 6.04 Å². The minimum absolute atomic E-state index is 0.160. The Bertz CT molecular complexity index is 467. The lowest BCUT2D eigenvalue weighted by Gasteiger charge is -2.45. The Morgan fingerprint density at radius 1 is 1.05 bits per heavy atom. The summed E-state index contributed by atoms with van der Waals surface area (Å²) in [4.78, 5) is 4.74. The molecule has 0 saturated carbocycles. The number of hydrogen-bond acceptors (Lipinski definition) is 2. The van der Waals surface area contributed by atoms with E-state index < -0.39 is 0 Å². The van der Waals surface area contributed by atoms with Gasteiger partial charge in [0.25, 0.3) is 0 Å². The quantitative estimate of drug-likeness (QED) is 0.822. The maximum absolute atomic E-state index is 4.74. The molecule has 1 fully saturated rings. The van der Waals surface area contributed by atoms with Gasteiger partial charge < -0.3 is 5.32 Å². The van der Waals surface area contributed by atoms with E-state index in [1.807, 2.05) is 18.4 Å². The third-order valence-electron chi connectivity index (χ3n) is 3.64. The van der Waals surface area contributed by atoms with E-state index in [0.29, 0.717) is 6.04 Å². The Hall–Kier alpha value is -1.41. The normalized spacial score (nSPS) is 22.6. The minimum atomic E-state index is 0.160. The van der Waals surface area contributed by atoms with E-state index in [-0.39, 0.29) is 11.1 Å². The largest absolute Gasteiger partial charge is 0.307 e. The summed E-state index contributed by atoms with van der Waals surface area (Å²) in [7, 11) is 0. The Morgan fingerprint density at radius 3 is 2.25 bits per heavy atom. The lowest BCUT2D eigenvalue weighted by molar-refractivity contribution is 0.164. The first-order chi connectivity index (χ1) is 9.36. The van der Waals surface area contributed by atoms with Gasteiger partial charge in [-0.1, -0.05) is 36.4 Å². The van der Waals surface area contributed by atoms with Gasteiger partial charge in [0.1, 0.15) is 0 Å². The van der Waals surface area contributed by atoms with Crippen molar-refractivity contribution in [2.24, 2.45) is 4.99 Å². The molecule has 0 spiro atoms. The molecule has 20 heavy (non-hydrogen) atoms. The zero-order chi connectivity index (χ0) is 14.6. The average Bonchev–Trinajstić information content (AvgIpc) is 2.32. The van der Waals surface area contributed by atoms with Crippen LogP contribution in [-0.2, 0) is 0 Å². The van der Waals surface area contributed by atoms with Crippen LogP contribution in [0.15, 0.2) is 41.4 Å². The van der Waals surface area contributed by atoms with Crippen molar-refractivity contribution in [3.63, 3.8) is 0 Å². The molecule has 2 rings (SSSR count). The lowest BCUT2D eigenvalue weighted by atomic mass is 9.80. The highest BCUT2D eigenvalue weighted by Gasteiger charge is 2.37. The number of benzene rings is 1. The van der Waals surface area contributed by atoms with Crippen LogP contribution >= 0.6 is 0 Å². The van der Waals surface area contributed by atoms with Crippen molar-refractivity contribution < 1.29 is 0 Å². The van der Waals surface area contributed by atoms with E-state index in [2.05, 4.69) is 63.4 Å². The second-order valence-corrected chi connectivity index (χ2v) is 7.02. The van der Waals surface area contributed by atoms with Crippen molar-refractivity contribution in [3.05, 3.63) is 42.0 Å². The molecular formula is C18H26N2. The summed E-state index contributed by atoms with van der Waals surface area (Å²) < 4.78 is 0. The van der Waals surface area contributed by atoms with Crippen molar-refractivity contribution in [1.29, 1.82) is 0 Å². The molecule has 1 heterocycles. The van der Waals surface area contributed by atoms with Gasteiger partial charge in [-0.3, -0.25) is 4.99 Å². The first-order valence-corrected chi connectivity index (χ1v) is 7.41. The smallest absolute Gasteiger partial charge is 0.0534 e. The van der Waals surface area contributed by atoms with Crippen molar-refractivity contribution >= 4 is 12.3 Å². The van der Waals surface area contributed by atoms with E-state index >= 15 is 0 Å². The van der Waals surface area contributed by atoms with Crippen LogP contribution in [0.4, 0.5) is 0 Å². The van der Waals surface area contributed by atoms with E-state index in [1.54, 1.807) is 0 Å². The monoisotopic (exact) mass is 270 g/mol. The van der Waals surface area contributed by atoms with Crippen molar-refractivity contribution in [1.82, 2.24) is 5.32 Å². The molecular weight excluding hydrogens is 244 g/mol. The molecule has 108 valence electrons. The van der Waals surface area contributed by atoms with Crippen molar-refractivity contribution in [2.45, 2.75) is 57.7 Å². The Kier molecular flexibility index (Phi) is 4.44. The number of nitrogens with one attached hydrogen (secondary N) is 1. The first kappa shape index (κ1) is 15.0. The van der Waals surface area contributed by atoms with Crippen LogP contribution < -0.4 is 5.32 Å². The zero-order valence-electron chi connectivity index (χ0n) is 13.1. The highest BCUT2D eigenvalue weighted by atomic mass is 15.1. The van der Waals surface area contributed by atoms with Crippen LogP contribution in [0, 0.1) is 0 Å². The Balaban J connectivity index is 1.96. The molecule has 1 aliphatic heterocycles. The zero-order valence-corrected chi connectivity index (χ0v) is 13.1. The fraction of sp³-hybridized carbons (Fsp3) is 0.500. The van der Waals surface area contributed by atoms with Gasteiger partial charge in [0.2, 0.25) is 0 Å². The van der Waals surface area contributed by atoms with Gasteiger partial charge in [-0.05, 0) is 52.2 Å². The highest BCUT2D eigenvalue weighted by Crippen LogP contribution is 2.30. The Labute approximate surface area is 123 Å². The van der Waals surface area contributed by atoms with Gasteiger partial charge >= 0.3 is 0 Å². The van der Waals surface area contributed by atoms with E-state index in [1.165, 1.54) is 5.56 Å². The lowest BCUT2D eigenvalue weighted by Crippen LogP contribution is -2.58. The van der Waals surface area contributed by atoms with Crippen LogP contribution in [0.5, 0.6) is 0 Å². The summed E-state index contributed by atoms with van der Waals surface area (Å²) >= 11 is 0. The van der Waals surface area contributed by atoms with Crippen LogP contribution in [-0.4, -0.2) is 23.3 Å². The predicted molar refractivity (Wildman–Crippen MR) is 88.3 cm³/mol. The molecule has 0 aromatic heterocycles. The highest BCUT2D eigenvalue weighted by molar-refractivity contribution is 5.78. The summed E-state index contributed by atoms with van der Waals surface area (Å²) in [5.41, 5.74) is 1.53. The molecule has 0 unspecified atom stereocenters. The molecule has 1 saturated heterocycles. The van der Waals surface area contributed by atoms with Gasteiger partial charge in [-0.25, -0.2) is 0 Å². The SMILES string of the molecule is CC1(C)CC(N=C/C=C/c2ccccc2)CC(C)(C)N1. The summed E-state index contributed by atoms with van der Waals surface area (Å²) in [6.45, 7) is 9.04. The summed E-state index contributed by atoms with van der Waals surface area (Å²) in [6.07, 6.45) is 8.27. The number of piperidine rings is 1. The van der Waals surface area contributed by atoms with Gasteiger partial charge in [-0.2, -0.15) is 0 Å². The Morgan fingerprint density at radius 2 is 1.65 bits per heavy atom. The standard InChI is InChI=1S/C18H26N2/c1-17(2)13-16(14-18(3,4)20-17)19-12-8-11-15-9-6-5-7-10-15/h5-12,16,20H,13-14H2,1-4H3/b11-8+,19-12?. The van der Waals surface area contributed by atoms with Gasteiger partial charge in [-0.15, -0.1) is 0 Å². The average molecular weight is 270 g/mol. The number of rotatable bonds is 3. The summed E-state index contributed by atoms with van der Waals surface area (Å²) in [5, 5.41) is 3.69. The second-order valence-electron chi connectivity index (χ2n) is 7.02. The van der Waals surface area contributed by atoms with Gasteiger partial charge in [0.15, 0.2) is 0 Å². The molecule has 2 nitrogen and oxygen atoms in total. The summed E-state index contributed by atoms with van der Waals surface area (Å²) in [6, 6.07) is 10.7. The van der Waals surface area contributed by atoms with E-state index in [4.69, 9.17) is 4.99 Å². The predicted octanol–water partition coefficient (Wildman–Crippen LogP) is 4.08. The molecule has 1 N–H and O–H groups in total.